The van der Waals surface area contributed by atoms with Gasteiger partial charge in [-0.1, -0.05) is 32.1 Å². The van der Waals surface area contributed by atoms with E-state index >= 15 is 0 Å². The molecule has 17 heavy (non-hydrogen) atoms. The third-order valence-electron chi connectivity index (χ3n) is 5.77. The van der Waals surface area contributed by atoms with Gasteiger partial charge in [0.2, 0.25) is 0 Å². The molecule has 2 heteroatoms. The Labute approximate surface area is 104 Å². The van der Waals surface area contributed by atoms with E-state index in [4.69, 9.17) is 0 Å². The van der Waals surface area contributed by atoms with Gasteiger partial charge in [-0.05, 0) is 43.4 Å². The van der Waals surface area contributed by atoms with Crippen molar-refractivity contribution < 1.29 is 10.2 Å². The number of aliphatic hydroxyl groups is 2. The molecule has 0 aromatic carbocycles. The maximum Gasteiger partial charge on any atom is 0.0626 e. The third-order valence-corrected chi connectivity index (χ3v) is 5.77. The van der Waals surface area contributed by atoms with Crippen molar-refractivity contribution in [3.63, 3.8) is 0 Å². The smallest absolute Gasteiger partial charge is 0.0626 e. The average molecular weight is 238 g/mol. The number of aliphatic hydroxyl groups excluding tert-OH is 2. The van der Waals surface area contributed by atoms with Gasteiger partial charge in [0, 0.05) is 5.92 Å². The highest BCUT2D eigenvalue weighted by Gasteiger charge is 2.46. The molecule has 3 fully saturated rings. The minimum Gasteiger partial charge on any atom is -0.393 e. The summed E-state index contributed by atoms with van der Waals surface area (Å²) in [5.41, 5.74) is 0. The first-order valence-electron chi connectivity index (χ1n) is 7.63. The lowest BCUT2D eigenvalue weighted by Gasteiger charge is -2.47. The number of hydrogen-bond donors (Lipinski definition) is 2. The second kappa shape index (κ2) is 4.89. The number of rotatable bonds is 1. The van der Waals surface area contributed by atoms with Gasteiger partial charge in [0.1, 0.15) is 0 Å². The fourth-order valence-corrected chi connectivity index (χ4v) is 4.89. The van der Waals surface area contributed by atoms with Crippen molar-refractivity contribution in [1.82, 2.24) is 0 Å². The van der Waals surface area contributed by atoms with Crippen LogP contribution < -0.4 is 0 Å². The molecule has 5 unspecified atom stereocenters. The summed E-state index contributed by atoms with van der Waals surface area (Å²) in [6, 6.07) is 0. The van der Waals surface area contributed by atoms with Crippen LogP contribution in [0.5, 0.6) is 0 Å². The summed E-state index contributed by atoms with van der Waals surface area (Å²) in [6.07, 6.45) is 10.6. The first-order valence-corrected chi connectivity index (χ1v) is 7.63. The highest BCUT2D eigenvalue weighted by atomic mass is 16.3. The largest absolute Gasteiger partial charge is 0.393 e. The summed E-state index contributed by atoms with van der Waals surface area (Å²) in [5.74, 6) is 2.04. The zero-order valence-electron chi connectivity index (χ0n) is 10.7. The lowest BCUT2D eigenvalue weighted by molar-refractivity contribution is -0.105. The predicted molar refractivity (Wildman–Crippen MR) is 67.5 cm³/mol. The summed E-state index contributed by atoms with van der Waals surface area (Å²) in [5, 5.41) is 20.8. The zero-order chi connectivity index (χ0) is 11.8. The van der Waals surface area contributed by atoms with E-state index in [2.05, 4.69) is 0 Å². The highest BCUT2D eigenvalue weighted by Crippen LogP contribution is 2.47. The molecule has 98 valence electrons. The molecule has 3 rings (SSSR count). The van der Waals surface area contributed by atoms with Crippen LogP contribution in [0, 0.1) is 23.7 Å². The molecule has 0 aliphatic heterocycles. The van der Waals surface area contributed by atoms with Gasteiger partial charge in [-0.15, -0.1) is 0 Å². The summed E-state index contributed by atoms with van der Waals surface area (Å²) in [6.45, 7) is 0. The molecular weight excluding hydrogens is 212 g/mol. The van der Waals surface area contributed by atoms with Gasteiger partial charge in [-0.2, -0.15) is 0 Å². The summed E-state index contributed by atoms with van der Waals surface area (Å²) in [4.78, 5) is 0. The average Bonchev–Trinajstić information content (AvgIpc) is 2.83. The fraction of sp³-hybridized carbons (Fsp3) is 1.00. The summed E-state index contributed by atoms with van der Waals surface area (Å²) < 4.78 is 0. The van der Waals surface area contributed by atoms with Crippen molar-refractivity contribution >= 4 is 0 Å². The predicted octanol–water partition coefficient (Wildman–Crippen LogP) is 2.72. The van der Waals surface area contributed by atoms with Crippen LogP contribution in [0.1, 0.15) is 57.8 Å². The standard InChI is InChI=1S/C15H26O2/c16-13-7-3-6-11-8-9-12(15(17)14(11)13)10-4-1-2-5-10/h10-17H,1-9H2. The Kier molecular flexibility index (Phi) is 3.45. The van der Waals surface area contributed by atoms with E-state index in [1.165, 1.54) is 44.9 Å². The van der Waals surface area contributed by atoms with Gasteiger partial charge in [-0.25, -0.2) is 0 Å². The molecule has 3 aliphatic rings. The SMILES string of the molecule is OC1CCCC2CCC(C3CCCC3)C(O)C12. The van der Waals surface area contributed by atoms with E-state index in [1.54, 1.807) is 0 Å². The van der Waals surface area contributed by atoms with Crippen molar-refractivity contribution in [3.05, 3.63) is 0 Å². The molecule has 0 amide bonds. The van der Waals surface area contributed by atoms with Crippen LogP contribution in [0.15, 0.2) is 0 Å². The second-order valence-electron chi connectivity index (χ2n) is 6.61. The summed E-state index contributed by atoms with van der Waals surface area (Å²) >= 11 is 0. The summed E-state index contributed by atoms with van der Waals surface area (Å²) in [7, 11) is 0. The van der Waals surface area contributed by atoms with Crippen molar-refractivity contribution in [1.29, 1.82) is 0 Å². The van der Waals surface area contributed by atoms with Crippen LogP contribution in [-0.4, -0.2) is 22.4 Å². The lowest BCUT2D eigenvalue weighted by Crippen LogP contribution is -2.49. The molecule has 3 saturated carbocycles. The van der Waals surface area contributed by atoms with E-state index in [0.717, 1.165) is 18.8 Å². The molecule has 0 spiro atoms. The van der Waals surface area contributed by atoms with E-state index in [0.29, 0.717) is 11.8 Å². The quantitative estimate of drug-likeness (QED) is 0.737. The van der Waals surface area contributed by atoms with Crippen LogP contribution in [-0.2, 0) is 0 Å². The zero-order valence-corrected chi connectivity index (χ0v) is 10.7. The van der Waals surface area contributed by atoms with Crippen molar-refractivity contribution in [2.45, 2.75) is 70.0 Å². The third kappa shape index (κ3) is 2.15. The number of hydrogen-bond acceptors (Lipinski definition) is 2. The molecule has 0 aromatic heterocycles. The van der Waals surface area contributed by atoms with Gasteiger partial charge in [-0.3, -0.25) is 0 Å². The van der Waals surface area contributed by atoms with Crippen molar-refractivity contribution in [3.8, 4) is 0 Å². The molecule has 0 heterocycles. The molecule has 5 atom stereocenters. The molecule has 2 nitrogen and oxygen atoms in total. The van der Waals surface area contributed by atoms with Gasteiger partial charge in [0.15, 0.2) is 0 Å². The molecular formula is C15H26O2. The second-order valence-corrected chi connectivity index (χ2v) is 6.61. The molecule has 3 aliphatic carbocycles. The van der Waals surface area contributed by atoms with Crippen molar-refractivity contribution in [2.24, 2.45) is 23.7 Å². The van der Waals surface area contributed by atoms with Gasteiger partial charge < -0.3 is 10.2 Å². The van der Waals surface area contributed by atoms with E-state index < -0.39 is 0 Å². The molecule has 0 aromatic rings. The van der Waals surface area contributed by atoms with Crippen LogP contribution >= 0.6 is 0 Å². The first kappa shape index (κ1) is 12.0. The Morgan fingerprint density at radius 3 is 2.12 bits per heavy atom. The Bertz CT molecular complexity index is 260. The van der Waals surface area contributed by atoms with Gasteiger partial charge in [0.05, 0.1) is 12.2 Å². The number of fused-ring (bicyclic) bond motifs is 1. The normalized spacial score (nSPS) is 48.0. The minimum atomic E-state index is -0.229. The molecule has 2 N–H and O–H groups in total. The lowest BCUT2D eigenvalue weighted by atomic mass is 9.62. The van der Waals surface area contributed by atoms with E-state index in [1.807, 2.05) is 0 Å². The van der Waals surface area contributed by atoms with Crippen LogP contribution in [0.3, 0.4) is 0 Å². The fourth-order valence-electron chi connectivity index (χ4n) is 4.89. The Morgan fingerprint density at radius 2 is 1.35 bits per heavy atom. The molecule has 0 bridgehead atoms. The van der Waals surface area contributed by atoms with Crippen LogP contribution in [0.25, 0.3) is 0 Å². The highest BCUT2D eigenvalue weighted by molar-refractivity contribution is 4.96. The topological polar surface area (TPSA) is 40.5 Å². The van der Waals surface area contributed by atoms with E-state index in [-0.39, 0.29) is 18.1 Å². The maximum absolute atomic E-state index is 10.6. The van der Waals surface area contributed by atoms with Crippen LogP contribution in [0.4, 0.5) is 0 Å². The van der Waals surface area contributed by atoms with Gasteiger partial charge in [0.25, 0.3) is 0 Å². The Hall–Kier alpha value is -0.0800. The molecule has 0 saturated heterocycles. The van der Waals surface area contributed by atoms with Crippen LogP contribution in [0.2, 0.25) is 0 Å². The van der Waals surface area contributed by atoms with Gasteiger partial charge >= 0.3 is 0 Å². The van der Waals surface area contributed by atoms with Crippen molar-refractivity contribution in [2.75, 3.05) is 0 Å². The Balaban J connectivity index is 1.72. The maximum atomic E-state index is 10.6. The minimum absolute atomic E-state index is 0.197. The monoisotopic (exact) mass is 238 g/mol. The Morgan fingerprint density at radius 1 is 0.647 bits per heavy atom. The first-order chi connectivity index (χ1) is 8.27. The van der Waals surface area contributed by atoms with E-state index in [9.17, 15) is 10.2 Å². The molecule has 0 radical (unpaired) electrons.